The third-order valence-electron chi connectivity index (χ3n) is 3.48. The molecule has 1 aliphatic rings. The van der Waals surface area contributed by atoms with Crippen molar-refractivity contribution in [3.05, 3.63) is 23.5 Å². The van der Waals surface area contributed by atoms with Crippen LogP contribution in [-0.2, 0) is 6.42 Å². The molecule has 2 nitrogen and oxygen atoms in total. The molecule has 82 valence electrons. The third kappa shape index (κ3) is 1.73. The standard InChI is InChI=1S/C13H19NO/c1-3-10(4-2)14-9-8-11-12(14)6-5-7-13(11)15/h8-10H,3-7H2,1-2H3. The van der Waals surface area contributed by atoms with Crippen molar-refractivity contribution in [3.8, 4) is 0 Å². The van der Waals surface area contributed by atoms with Crippen molar-refractivity contribution in [3.63, 3.8) is 0 Å². The van der Waals surface area contributed by atoms with Crippen LogP contribution in [0.1, 0.15) is 61.6 Å². The Balaban J connectivity index is 2.38. The first-order valence-electron chi connectivity index (χ1n) is 6.00. The van der Waals surface area contributed by atoms with E-state index in [1.165, 1.54) is 5.69 Å². The van der Waals surface area contributed by atoms with Gasteiger partial charge in [-0.1, -0.05) is 13.8 Å². The Morgan fingerprint density at radius 1 is 1.33 bits per heavy atom. The number of nitrogens with zero attached hydrogens (tertiary/aromatic N) is 1. The summed E-state index contributed by atoms with van der Waals surface area (Å²) in [5, 5.41) is 0. The number of fused-ring (bicyclic) bond motifs is 1. The molecule has 1 aromatic rings. The van der Waals surface area contributed by atoms with E-state index in [4.69, 9.17) is 0 Å². The molecule has 0 bridgehead atoms. The molecule has 0 saturated heterocycles. The van der Waals surface area contributed by atoms with Crippen molar-refractivity contribution < 1.29 is 4.79 Å². The van der Waals surface area contributed by atoms with Crippen LogP contribution < -0.4 is 0 Å². The van der Waals surface area contributed by atoms with Gasteiger partial charge in [0.1, 0.15) is 0 Å². The molecule has 0 N–H and O–H groups in total. The van der Waals surface area contributed by atoms with Gasteiger partial charge in [0.15, 0.2) is 5.78 Å². The Morgan fingerprint density at radius 3 is 2.73 bits per heavy atom. The molecule has 0 amide bonds. The summed E-state index contributed by atoms with van der Waals surface area (Å²) in [6, 6.07) is 2.58. The van der Waals surface area contributed by atoms with Crippen LogP contribution in [0.3, 0.4) is 0 Å². The molecule has 15 heavy (non-hydrogen) atoms. The number of ketones is 1. The van der Waals surface area contributed by atoms with Gasteiger partial charge in [-0.2, -0.15) is 0 Å². The van der Waals surface area contributed by atoms with Crippen LogP contribution in [0, 0.1) is 0 Å². The molecule has 2 heteroatoms. The summed E-state index contributed by atoms with van der Waals surface area (Å²) in [5.41, 5.74) is 2.26. The normalized spacial score (nSPS) is 15.8. The van der Waals surface area contributed by atoms with Gasteiger partial charge < -0.3 is 4.57 Å². The summed E-state index contributed by atoms with van der Waals surface area (Å²) >= 11 is 0. The average molecular weight is 205 g/mol. The summed E-state index contributed by atoms with van der Waals surface area (Å²) in [5.74, 6) is 0.334. The topological polar surface area (TPSA) is 22.0 Å². The fourth-order valence-corrected chi connectivity index (χ4v) is 2.57. The summed E-state index contributed by atoms with van der Waals surface area (Å²) in [4.78, 5) is 11.7. The predicted octanol–water partition coefficient (Wildman–Crippen LogP) is 3.37. The van der Waals surface area contributed by atoms with Gasteiger partial charge in [0.25, 0.3) is 0 Å². The van der Waals surface area contributed by atoms with Gasteiger partial charge in [-0.3, -0.25) is 4.79 Å². The van der Waals surface area contributed by atoms with Crippen LogP contribution in [0.25, 0.3) is 0 Å². The molecule has 0 radical (unpaired) electrons. The molecule has 0 aliphatic heterocycles. The first-order valence-corrected chi connectivity index (χ1v) is 6.00. The zero-order chi connectivity index (χ0) is 10.8. The van der Waals surface area contributed by atoms with Gasteiger partial charge in [-0.05, 0) is 31.7 Å². The minimum absolute atomic E-state index is 0.334. The van der Waals surface area contributed by atoms with Crippen molar-refractivity contribution in [2.45, 2.75) is 52.0 Å². The number of rotatable bonds is 3. The molecule has 2 rings (SSSR count). The minimum atomic E-state index is 0.334. The number of carbonyl (C=O) groups excluding carboxylic acids is 1. The van der Waals surface area contributed by atoms with Crippen molar-refractivity contribution in [1.29, 1.82) is 0 Å². The number of hydrogen-bond acceptors (Lipinski definition) is 1. The van der Waals surface area contributed by atoms with Gasteiger partial charge in [-0.15, -0.1) is 0 Å². The second-order valence-electron chi connectivity index (χ2n) is 4.33. The molecular formula is C13H19NO. The Morgan fingerprint density at radius 2 is 2.07 bits per heavy atom. The van der Waals surface area contributed by atoms with Crippen molar-refractivity contribution in [2.24, 2.45) is 0 Å². The average Bonchev–Trinajstić information content (AvgIpc) is 2.66. The van der Waals surface area contributed by atoms with E-state index in [1.54, 1.807) is 0 Å². The van der Waals surface area contributed by atoms with Crippen LogP contribution in [0.2, 0.25) is 0 Å². The van der Waals surface area contributed by atoms with Gasteiger partial charge in [0.05, 0.1) is 0 Å². The highest BCUT2D eigenvalue weighted by atomic mass is 16.1. The SMILES string of the molecule is CCC(CC)n1ccc2c1CCCC2=O. The number of Topliss-reactive ketones (excluding diaryl/α,β-unsaturated/α-hetero) is 1. The Bertz CT molecular complexity index is 361. The molecule has 1 aromatic heterocycles. The monoisotopic (exact) mass is 205 g/mol. The summed E-state index contributed by atoms with van der Waals surface area (Å²) in [6.07, 6.45) is 7.23. The van der Waals surface area contributed by atoms with E-state index in [9.17, 15) is 4.79 Å². The molecular weight excluding hydrogens is 186 g/mol. The maximum absolute atomic E-state index is 11.7. The summed E-state index contributed by atoms with van der Waals surface area (Å²) in [6.45, 7) is 4.43. The van der Waals surface area contributed by atoms with E-state index in [2.05, 4.69) is 24.6 Å². The fourth-order valence-electron chi connectivity index (χ4n) is 2.57. The van der Waals surface area contributed by atoms with Gasteiger partial charge in [0, 0.05) is 29.9 Å². The van der Waals surface area contributed by atoms with Crippen molar-refractivity contribution in [2.75, 3.05) is 0 Å². The van der Waals surface area contributed by atoms with Gasteiger partial charge >= 0.3 is 0 Å². The van der Waals surface area contributed by atoms with E-state index in [0.717, 1.165) is 37.7 Å². The third-order valence-corrected chi connectivity index (χ3v) is 3.48. The molecule has 0 atom stereocenters. The summed E-state index contributed by atoms with van der Waals surface area (Å²) < 4.78 is 2.33. The predicted molar refractivity (Wildman–Crippen MR) is 61.3 cm³/mol. The Labute approximate surface area is 91.3 Å². The Kier molecular flexibility index (Phi) is 2.94. The molecule has 0 spiro atoms. The van der Waals surface area contributed by atoms with Crippen LogP contribution in [0.15, 0.2) is 12.3 Å². The van der Waals surface area contributed by atoms with E-state index in [1.807, 2.05) is 6.07 Å². The fraction of sp³-hybridized carbons (Fsp3) is 0.615. The van der Waals surface area contributed by atoms with Crippen LogP contribution in [-0.4, -0.2) is 10.4 Å². The zero-order valence-corrected chi connectivity index (χ0v) is 9.62. The molecule has 1 heterocycles. The molecule has 0 saturated carbocycles. The first kappa shape index (κ1) is 10.5. The smallest absolute Gasteiger partial charge is 0.164 e. The van der Waals surface area contributed by atoms with Crippen molar-refractivity contribution in [1.82, 2.24) is 4.57 Å². The Hall–Kier alpha value is -1.05. The van der Waals surface area contributed by atoms with E-state index in [-0.39, 0.29) is 0 Å². The zero-order valence-electron chi connectivity index (χ0n) is 9.62. The lowest BCUT2D eigenvalue weighted by molar-refractivity contribution is 0.0971. The van der Waals surface area contributed by atoms with Gasteiger partial charge in [-0.25, -0.2) is 0 Å². The van der Waals surface area contributed by atoms with Crippen LogP contribution >= 0.6 is 0 Å². The second-order valence-corrected chi connectivity index (χ2v) is 4.33. The van der Waals surface area contributed by atoms with E-state index in [0.29, 0.717) is 11.8 Å². The van der Waals surface area contributed by atoms with E-state index >= 15 is 0 Å². The van der Waals surface area contributed by atoms with Crippen molar-refractivity contribution >= 4 is 5.78 Å². The highest BCUT2D eigenvalue weighted by molar-refractivity contribution is 5.98. The summed E-state index contributed by atoms with van der Waals surface area (Å²) in [7, 11) is 0. The molecule has 1 aliphatic carbocycles. The number of hydrogen-bond donors (Lipinski definition) is 0. The molecule has 0 unspecified atom stereocenters. The van der Waals surface area contributed by atoms with Crippen LogP contribution in [0.4, 0.5) is 0 Å². The second kappa shape index (κ2) is 4.21. The maximum Gasteiger partial charge on any atom is 0.164 e. The lowest BCUT2D eigenvalue weighted by atomic mass is 9.96. The highest BCUT2D eigenvalue weighted by Gasteiger charge is 2.22. The number of aromatic nitrogens is 1. The van der Waals surface area contributed by atoms with Crippen LogP contribution in [0.5, 0.6) is 0 Å². The van der Waals surface area contributed by atoms with Gasteiger partial charge in [0.2, 0.25) is 0 Å². The van der Waals surface area contributed by atoms with E-state index < -0.39 is 0 Å². The minimum Gasteiger partial charge on any atom is -0.348 e. The highest BCUT2D eigenvalue weighted by Crippen LogP contribution is 2.27. The molecule has 0 aromatic carbocycles. The number of carbonyl (C=O) groups is 1. The largest absolute Gasteiger partial charge is 0.348 e. The quantitative estimate of drug-likeness (QED) is 0.741. The maximum atomic E-state index is 11.7. The first-order chi connectivity index (χ1) is 7.27. The lowest BCUT2D eigenvalue weighted by Crippen LogP contribution is -2.16. The lowest BCUT2D eigenvalue weighted by Gasteiger charge is -2.21. The molecule has 0 fully saturated rings.